The van der Waals surface area contributed by atoms with Gasteiger partial charge in [0.05, 0.1) is 16.2 Å². The van der Waals surface area contributed by atoms with Crippen LogP contribution in [-0.4, -0.2) is 57.2 Å². The van der Waals surface area contributed by atoms with Gasteiger partial charge < -0.3 is 9.80 Å². The van der Waals surface area contributed by atoms with Gasteiger partial charge in [0.2, 0.25) is 0 Å². The minimum Gasteiger partial charge on any atom is -0.366 e. The lowest BCUT2D eigenvalue weighted by atomic mass is 10.2. The van der Waals surface area contributed by atoms with Gasteiger partial charge in [-0.05, 0) is 36.8 Å². The number of benzene rings is 1. The number of anilines is 2. The summed E-state index contributed by atoms with van der Waals surface area (Å²) in [5.74, 6) is -0.00868. The number of hydrogen-bond acceptors (Lipinski definition) is 7. The first kappa shape index (κ1) is 24.2. The maximum Gasteiger partial charge on any atom is 0.267 e. The molecule has 0 bridgehead atoms. The summed E-state index contributed by atoms with van der Waals surface area (Å²) in [5.41, 5.74) is 2.07. The van der Waals surface area contributed by atoms with Crippen LogP contribution >= 0.6 is 24.0 Å². The van der Waals surface area contributed by atoms with Crippen LogP contribution in [0.4, 0.5) is 15.9 Å². The second-order valence-corrected chi connectivity index (χ2v) is 10.3. The Morgan fingerprint density at radius 1 is 1.11 bits per heavy atom. The Hall–Kier alpha value is -3.50. The normalized spacial score (nSPS) is 17.5. The minimum atomic E-state index is -0.260. The Bertz CT molecular complexity index is 1480. The molecule has 2 fully saturated rings. The quantitative estimate of drug-likeness (QED) is 0.287. The number of piperazine rings is 1. The SMILES string of the molecule is C=CCN1C(=O)C(=Cc2c(N3CCN(c4ccccc4F)CC3)nc3ccc(C)cn3c2=O)SC1=S. The van der Waals surface area contributed by atoms with Crippen molar-refractivity contribution < 1.29 is 9.18 Å². The number of aryl methyl sites for hydroxylation is 1. The molecule has 0 saturated carbocycles. The van der Waals surface area contributed by atoms with Gasteiger partial charge in [0.25, 0.3) is 11.5 Å². The molecule has 3 aromatic rings. The van der Waals surface area contributed by atoms with E-state index in [2.05, 4.69) is 6.58 Å². The van der Waals surface area contributed by atoms with Crippen molar-refractivity contribution in [3.63, 3.8) is 0 Å². The number of nitrogens with zero attached hydrogens (tertiary/aromatic N) is 5. The number of aromatic nitrogens is 2. The van der Waals surface area contributed by atoms with Crippen LogP contribution in [0.5, 0.6) is 0 Å². The van der Waals surface area contributed by atoms with Gasteiger partial charge in [-0.3, -0.25) is 18.9 Å². The molecule has 0 radical (unpaired) electrons. The number of para-hydroxylation sites is 1. The second kappa shape index (κ2) is 9.87. The molecular formula is C26H24FN5O2S2. The molecule has 1 aromatic carbocycles. The van der Waals surface area contributed by atoms with Gasteiger partial charge in [-0.25, -0.2) is 9.37 Å². The van der Waals surface area contributed by atoms with E-state index in [1.54, 1.807) is 30.5 Å². The van der Waals surface area contributed by atoms with Gasteiger partial charge in [-0.1, -0.05) is 48.3 Å². The smallest absolute Gasteiger partial charge is 0.267 e. The third kappa shape index (κ3) is 4.42. The lowest BCUT2D eigenvalue weighted by molar-refractivity contribution is -0.121. The lowest BCUT2D eigenvalue weighted by Crippen LogP contribution is -2.47. The molecule has 36 heavy (non-hydrogen) atoms. The predicted molar refractivity (Wildman–Crippen MR) is 147 cm³/mol. The number of hydrogen-bond donors (Lipinski definition) is 0. The van der Waals surface area contributed by atoms with Crippen LogP contribution in [0.3, 0.4) is 0 Å². The summed E-state index contributed by atoms with van der Waals surface area (Å²) in [6.45, 7) is 8.12. The number of rotatable bonds is 5. The predicted octanol–water partition coefficient (Wildman–Crippen LogP) is 3.86. The largest absolute Gasteiger partial charge is 0.366 e. The zero-order valence-corrected chi connectivity index (χ0v) is 21.3. The van der Waals surface area contributed by atoms with E-state index in [9.17, 15) is 14.0 Å². The summed E-state index contributed by atoms with van der Waals surface area (Å²) in [6.07, 6.45) is 4.96. The van der Waals surface area contributed by atoms with E-state index in [1.165, 1.54) is 27.1 Å². The van der Waals surface area contributed by atoms with Crippen LogP contribution in [0, 0.1) is 12.7 Å². The fourth-order valence-electron chi connectivity index (χ4n) is 4.40. The van der Waals surface area contributed by atoms with E-state index < -0.39 is 0 Å². The van der Waals surface area contributed by atoms with E-state index in [0.717, 1.165) is 5.56 Å². The van der Waals surface area contributed by atoms with Crippen molar-refractivity contribution in [3.05, 3.63) is 87.5 Å². The van der Waals surface area contributed by atoms with Crippen LogP contribution < -0.4 is 15.4 Å². The number of carbonyl (C=O) groups is 1. The first-order valence-electron chi connectivity index (χ1n) is 11.5. The van der Waals surface area contributed by atoms with Gasteiger partial charge >= 0.3 is 0 Å². The first-order chi connectivity index (χ1) is 17.4. The Kier molecular flexibility index (Phi) is 6.63. The molecular weight excluding hydrogens is 497 g/mol. The molecule has 0 atom stereocenters. The highest BCUT2D eigenvalue weighted by atomic mass is 32.2. The van der Waals surface area contributed by atoms with E-state index in [-0.39, 0.29) is 17.3 Å². The first-order valence-corrected chi connectivity index (χ1v) is 12.7. The van der Waals surface area contributed by atoms with Crippen LogP contribution in [0.25, 0.3) is 11.7 Å². The molecule has 0 unspecified atom stereocenters. The van der Waals surface area contributed by atoms with Crippen molar-refractivity contribution in [1.82, 2.24) is 14.3 Å². The highest BCUT2D eigenvalue weighted by Gasteiger charge is 2.32. The number of thiocarbonyl (C=S) groups is 1. The third-order valence-electron chi connectivity index (χ3n) is 6.22. The van der Waals surface area contributed by atoms with E-state index >= 15 is 0 Å². The monoisotopic (exact) mass is 521 g/mol. The zero-order chi connectivity index (χ0) is 25.4. The summed E-state index contributed by atoms with van der Waals surface area (Å²) >= 11 is 6.53. The van der Waals surface area contributed by atoms with Crippen LogP contribution in [0.1, 0.15) is 11.1 Å². The van der Waals surface area contributed by atoms with Crippen molar-refractivity contribution >= 4 is 57.4 Å². The summed E-state index contributed by atoms with van der Waals surface area (Å²) < 4.78 is 16.3. The van der Waals surface area contributed by atoms with Crippen molar-refractivity contribution in [2.45, 2.75) is 6.92 Å². The number of pyridine rings is 1. The number of amides is 1. The fraction of sp³-hybridized carbons (Fsp3) is 0.231. The number of carbonyl (C=O) groups excluding carboxylic acids is 1. The van der Waals surface area contributed by atoms with E-state index in [4.69, 9.17) is 17.2 Å². The average molecular weight is 522 g/mol. The maximum absolute atomic E-state index is 14.3. The summed E-state index contributed by atoms with van der Waals surface area (Å²) in [6, 6.07) is 10.4. The number of fused-ring (bicyclic) bond motifs is 1. The van der Waals surface area contributed by atoms with Crippen LogP contribution in [-0.2, 0) is 4.79 Å². The average Bonchev–Trinajstić information content (AvgIpc) is 3.14. The summed E-state index contributed by atoms with van der Waals surface area (Å²) in [5, 5.41) is 0. The highest BCUT2D eigenvalue weighted by molar-refractivity contribution is 8.26. The minimum absolute atomic E-state index is 0.256. The van der Waals surface area contributed by atoms with E-state index in [1.807, 2.05) is 34.9 Å². The molecule has 0 aliphatic carbocycles. The molecule has 1 amide bonds. The highest BCUT2D eigenvalue weighted by Crippen LogP contribution is 2.33. The molecule has 0 spiro atoms. The summed E-state index contributed by atoms with van der Waals surface area (Å²) in [7, 11) is 0. The van der Waals surface area contributed by atoms with Gasteiger partial charge in [0, 0.05) is 38.9 Å². The van der Waals surface area contributed by atoms with Crippen molar-refractivity contribution in [1.29, 1.82) is 0 Å². The standard InChI is InChI=1S/C26H24FN5O2S2/c1-3-10-31-25(34)21(36-26(31)35)15-18-23(28-22-9-8-17(2)16-32(22)24(18)33)30-13-11-29(12-14-30)20-7-5-4-6-19(20)27/h3-9,15-16H,1,10-14H2,2H3. The molecule has 2 aliphatic heterocycles. The topological polar surface area (TPSA) is 61.2 Å². The molecule has 184 valence electrons. The molecule has 2 aliphatic rings. The van der Waals surface area contributed by atoms with Gasteiger partial charge in [0.1, 0.15) is 21.6 Å². The van der Waals surface area contributed by atoms with Gasteiger partial charge in [0.15, 0.2) is 0 Å². The Labute approximate surface area is 217 Å². The number of thioether (sulfide) groups is 1. The molecule has 7 nitrogen and oxygen atoms in total. The van der Waals surface area contributed by atoms with Crippen molar-refractivity contribution in [3.8, 4) is 0 Å². The fourth-order valence-corrected chi connectivity index (χ4v) is 5.66. The summed E-state index contributed by atoms with van der Waals surface area (Å²) in [4.78, 5) is 37.3. The molecule has 10 heteroatoms. The molecule has 0 N–H and O–H groups in total. The Morgan fingerprint density at radius 2 is 1.83 bits per heavy atom. The van der Waals surface area contributed by atoms with Gasteiger partial charge in [-0.15, -0.1) is 6.58 Å². The lowest BCUT2D eigenvalue weighted by Gasteiger charge is -2.37. The second-order valence-electron chi connectivity index (χ2n) is 8.60. The molecule has 4 heterocycles. The Balaban J connectivity index is 1.55. The number of halogens is 1. The molecule has 2 saturated heterocycles. The van der Waals surface area contributed by atoms with Crippen molar-refractivity contribution in [2.24, 2.45) is 0 Å². The third-order valence-corrected chi connectivity index (χ3v) is 7.60. The zero-order valence-electron chi connectivity index (χ0n) is 19.7. The van der Waals surface area contributed by atoms with E-state index in [0.29, 0.717) is 64.7 Å². The van der Waals surface area contributed by atoms with Crippen LogP contribution in [0.15, 0.2) is 64.9 Å². The van der Waals surface area contributed by atoms with Gasteiger partial charge in [-0.2, -0.15) is 0 Å². The van der Waals surface area contributed by atoms with Crippen molar-refractivity contribution in [2.75, 3.05) is 42.5 Å². The maximum atomic E-state index is 14.3. The van der Waals surface area contributed by atoms with Crippen LogP contribution in [0.2, 0.25) is 0 Å². The molecule has 5 rings (SSSR count). The Morgan fingerprint density at radius 3 is 2.56 bits per heavy atom. The molecule has 2 aromatic heterocycles.